The second-order valence-corrected chi connectivity index (χ2v) is 9.00. The van der Waals surface area contributed by atoms with E-state index in [2.05, 4.69) is 26.0 Å². The molecule has 3 aromatic carbocycles. The molecule has 1 aromatic heterocycles. The first-order valence-electron chi connectivity index (χ1n) is 11.5. The van der Waals surface area contributed by atoms with Crippen molar-refractivity contribution in [1.29, 1.82) is 0 Å². The van der Waals surface area contributed by atoms with Gasteiger partial charge in [0, 0.05) is 17.7 Å². The summed E-state index contributed by atoms with van der Waals surface area (Å²) in [5.41, 5.74) is 2.41. The number of imide groups is 1. The van der Waals surface area contributed by atoms with Gasteiger partial charge in [-0.15, -0.1) is 10.2 Å². The molecule has 2 aliphatic rings. The number of hydrogen-bond acceptors (Lipinski definition) is 6. The molecule has 6 rings (SSSR count). The zero-order valence-electron chi connectivity index (χ0n) is 19.6. The monoisotopic (exact) mass is 497 g/mol. The number of rotatable bonds is 5. The fourth-order valence-electron chi connectivity index (χ4n) is 4.90. The van der Waals surface area contributed by atoms with E-state index in [0.29, 0.717) is 17.0 Å². The van der Waals surface area contributed by atoms with Gasteiger partial charge in [-0.3, -0.25) is 14.9 Å². The van der Waals surface area contributed by atoms with Crippen molar-refractivity contribution in [3.05, 3.63) is 89.2 Å². The number of nitrogens with zero attached hydrogens (tertiary/aromatic N) is 5. The van der Waals surface area contributed by atoms with E-state index in [1.165, 1.54) is 21.8 Å². The van der Waals surface area contributed by atoms with Crippen molar-refractivity contribution in [2.45, 2.75) is 12.1 Å². The van der Waals surface area contributed by atoms with Crippen LogP contribution in [0.2, 0.25) is 0 Å². The van der Waals surface area contributed by atoms with E-state index in [1.54, 1.807) is 25.2 Å². The van der Waals surface area contributed by atoms with Gasteiger partial charge in [0.15, 0.2) is 5.54 Å². The molecule has 1 fully saturated rings. The van der Waals surface area contributed by atoms with E-state index in [1.807, 2.05) is 36.4 Å². The van der Waals surface area contributed by atoms with Crippen LogP contribution in [0.15, 0.2) is 66.7 Å². The normalized spacial score (nSPS) is 18.6. The van der Waals surface area contributed by atoms with Gasteiger partial charge in [-0.2, -0.15) is 4.80 Å². The molecule has 4 aromatic rings. The lowest BCUT2D eigenvalue weighted by molar-refractivity contribution is -0.124. The smallest absolute Gasteiger partial charge is 0.322 e. The van der Waals surface area contributed by atoms with E-state index >= 15 is 0 Å². The number of amides is 4. The summed E-state index contributed by atoms with van der Waals surface area (Å²) in [6.07, 6.45) is 0. The number of carbonyl (C=O) groups is 3. The number of benzene rings is 3. The summed E-state index contributed by atoms with van der Waals surface area (Å²) in [7, 11) is 1.69. The van der Waals surface area contributed by atoms with Gasteiger partial charge in [-0.1, -0.05) is 54.6 Å². The lowest BCUT2D eigenvalue weighted by Crippen LogP contribution is -2.52. The van der Waals surface area contributed by atoms with Gasteiger partial charge in [0.1, 0.15) is 5.82 Å². The molecular weight excluding hydrogens is 477 g/mol. The number of aromatic nitrogens is 4. The Hall–Kier alpha value is -4.93. The minimum atomic E-state index is -1.50. The number of hydrogen-bond donors (Lipinski definition) is 2. The topological polar surface area (TPSA) is 122 Å². The van der Waals surface area contributed by atoms with E-state index < -0.39 is 29.2 Å². The maximum atomic E-state index is 13.7. The van der Waals surface area contributed by atoms with Crippen LogP contribution >= 0.6 is 0 Å². The third-order valence-corrected chi connectivity index (χ3v) is 6.69. The predicted octanol–water partition coefficient (Wildman–Crippen LogP) is 2.37. The van der Waals surface area contributed by atoms with Crippen molar-refractivity contribution in [3.8, 4) is 22.5 Å². The first-order valence-corrected chi connectivity index (χ1v) is 11.5. The van der Waals surface area contributed by atoms with Crippen LogP contribution in [0.4, 0.5) is 9.18 Å². The zero-order valence-corrected chi connectivity index (χ0v) is 19.6. The van der Waals surface area contributed by atoms with Crippen LogP contribution in [0.25, 0.3) is 22.5 Å². The van der Waals surface area contributed by atoms with Gasteiger partial charge in [0.05, 0.1) is 13.6 Å². The molecule has 2 N–H and O–H groups in total. The fourth-order valence-corrected chi connectivity index (χ4v) is 4.90. The molecule has 11 heteroatoms. The zero-order chi connectivity index (χ0) is 25.7. The summed E-state index contributed by atoms with van der Waals surface area (Å²) < 4.78 is 13.7. The van der Waals surface area contributed by atoms with E-state index in [-0.39, 0.29) is 18.7 Å². The Morgan fingerprint density at radius 1 is 0.973 bits per heavy atom. The Labute approximate surface area is 210 Å². The largest absolute Gasteiger partial charge is 0.331 e. The lowest BCUT2D eigenvalue weighted by Gasteiger charge is -2.31. The van der Waals surface area contributed by atoms with Crippen molar-refractivity contribution < 1.29 is 18.8 Å². The molecular formula is C26H20FN7O3. The van der Waals surface area contributed by atoms with Gasteiger partial charge in [0.25, 0.3) is 11.8 Å². The first-order chi connectivity index (χ1) is 17.8. The van der Waals surface area contributed by atoms with E-state index in [4.69, 9.17) is 0 Å². The summed E-state index contributed by atoms with van der Waals surface area (Å²) in [6, 6.07) is 18.2. The Kier molecular flexibility index (Phi) is 5.07. The molecule has 1 saturated heterocycles. The maximum absolute atomic E-state index is 13.7. The van der Waals surface area contributed by atoms with Gasteiger partial charge < -0.3 is 10.2 Å². The molecule has 184 valence electrons. The van der Waals surface area contributed by atoms with Gasteiger partial charge in [0.2, 0.25) is 5.82 Å². The van der Waals surface area contributed by atoms with Crippen molar-refractivity contribution in [2.75, 3.05) is 6.54 Å². The van der Waals surface area contributed by atoms with Crippen molar-refractivity contribution >= 4 is 17.8 Å². The van der Waals surface area contributed by atoms with Crippen LogP contribution in [-0.4, -0.2) is 49.5 Å². The fraction of sp³-hybridized carbons (Fsp3) is 0.154. The molecule has 2 aliphatic heterocycles. The van der Waals surface area contributed by atoms with Crippen LogP contribution in [0, 0.1) is 5.82 Å². The summed E-state index contributed by atoms with van der Waals surface area (Å²) in [5.74, 6) is -0.998. The molecule has 4 amide bonds. The molecule has 0 radical (unpaired) electrons. The maximum Gasteiger partial charge on any atom is 0.322 e. The SMILES string of the molecule is Cn1nnc(-c2ccccc2-c2ccc(C3(CN4Cc5ccc(F)cc5C4=O)NC(=O)NC3=O)cc2)n1. The molecule has 0 spiro atoms. The summed E-state index contributed by atoms with van der Waals surface area (Å²) in [6.45, 7) is 0.0923. The van der Waals surface area contributed by atoms with Crippen LogP contribution in [0.5, 0.6) is 0 Å². The standard InChI is InChI=1S/C26H20FN7O3/c1-33-31-22(30-32-33)20-5-3-2-4-19(20)15-6-9-17(10-7-15)26(24(36)28-25(37)29-26)14-34-13-16-8-11-18(27)12-21(16)23(34)35/h2-12H,13-14H2,1H3,(H2,28,29,36,37). The number of urea groups is 1. The molecule has 10 nitrogen and oxygen atoms in total. The second-order valence-electron chi connectivity index (χ2n) is 9.00. The van der Waals surface area contributed by atoms with Crippen LogP contribution in [0.3, 0.4) is 0 Å². The first kappa shape index (κ1) is 22.5. The quantitative estimate of drug-likeness (QED) is 0.408. The Morgan fingerprint density at radius 2 is 1.73 bits per heavy atom. The van der Waals surface area contributed by atoms with Gasteiger partial charge >= 0.3 is 6.03 Å². The van der Waals surface area contributed by atoms with Gasteiger partial charge in [-0.25, -0.2) is 9.18 Å². The number of halogens is 1. The van der Waals surface area contributed by atoms with Crippen LogP contribution in [-0.2, 0) is 23.9 Å². The lowest BCUT2D eigenvalue weighted by atomic mass is 9.87. The summed E-state index contributed by atoms with van der Waals surface area (Å²) in [4.78, 5) is 41.2. The number of aryl methyl sites for hydroxylation is 1. The predicted molar refractivity (Wildman–Crippen MR) is 129 cm³/mol. The van der Waals surface area contributed by atoms with Crippen molar-refractivity contribution in [3.63, 3.8) is 0 Å². The van der Waals surface area contributed by atoms with Crippen LogP contribution < -0.4 is 10.6 Å². The molecule has 0 aliphatic carbocycles. The summed E-state index contributed by atoms with van der Waals surface area (Å²) in [5, 5.41) is 17.3. The Balaban J connectivity index is 1.35. The highest BCUT2D eigenvalue weighted by Crippen LogP contribution is 2.34. The van der Waals surface area contributed by atoms with Gasteiger partial charge in [-0.05, 0) is 39.6 Å². The second kappa shape index (κ2) is 8.33. The summed E-state index contributed by atoms with van der Waals surface area (Å²) >= 11 is 0. The molecule has 1 atom stereocenters. The Morgan fingerprint density at radius 3 is 2.41 bits per heavy atom. The third kappa shape index (κ3) is 3.71. The minimum absolute atomic E-state index is 0.112. The van der Waals surface area contributed by atoms with Crippen molar-refractivity contribution in [2.24, 2.45) is 7.05 Å². The highest BCUT2D eigenvalue weighted by Gasteiger charge is 2.50. The Bertz CT molecular complexity index is 1580. The van der Waals surface area contributed by atoms with E-state index in [0.717, 1.165) is 16.7 Å². The van der Waals surface area contributed by atoms with Crippen molar-refractivity contribution in [1.82, 2.24) is 35.7 Å². The third-order valence-electron chi connectivity index (χ3n) is 6.69. The molecule has 1 unspecified atom stereocenters. The van der Waals surface area contributed by atoms with E-state index in [9.17, 15) is 18.8 Å². The molecule has 0 saturated carbocycles. The number of nitrogens with one attached hydrogen (secondary N) is 2. The highest BCUT2D eigenvalue weighted by molar-refractivity contribution is 6.08. The van der Waals surface area contributed by atoms with Crippen LogP contribution in [0.1, 0.15) is 21.5 Å². The molecule has 0 bridgehead atoms. The average Bonchev–Trinajstić information content (AvgIpc) is 3.55. The highest BCUT2D eigenvalue weighted by atomic mass is 19.1. The molecule has 37 heavy (non-hydrogen) atoms. The molecule has 3 heterocycles. The number of carbonyl (C=O) groups excluding carboxylic acids is 3. The number of tetrazole rings is 1. The minimum Gasteiger partial charge on any atom is -0.331 e. The average molecular weight is 497 g/mol. The number of fused-ring (bicyclic) bond motifs is 1.